The Morgan fingerprint density at radius 1 is 1.25 bits per heavy atom. The van der Waals surface area contributed by atoms with Crippen molar-refractivity contribution in [3.63, 3.8) is 0 Å². The second-order valence-electron chi connectivity index (χ2n) is 4.87. The Bertz CT molecular complexity index is 593. The maximum Gasteiger partial charge on any atom is 0.407 e. The molecule has 2 heterocycles. The van der Waals surface area contributed by atoms with Crippen LogP contribution in [0.2, 0.25) is 0 Å². The van der Waals surface area contributed by atoms with E-state index in [4.69, 9.17) is 9.29 Å². The fourth-order valence-electron chi connectivity index (χ4n) is 1.82. The molecule has 2 aliphatic rings. The van der Waals surface area contributed by atoms with Crippen LogP contribution in [0.4, 0.5) is 4.79 Å². The smallest absolute Gasteiger partial charge is 0.407 e. The van der Waals surface area contributed by atoms with Crippen LogP contribution in [0.5, 0.6) is 0 Å². The quantitative estimate of drug-likeness (QED) is 0.645. The molecule has 20 heavy (non-hydrogen) atoms. The van der Waals surface area contributed by atoms with Gasteiger partial charge >= 0.3 is 6.09 Å². The van der Waals surface area contributed by atoms with E-state index in [2.05, 4.69) is 10.6 Å². The summed E-state index contributed by atoms with van der Waals surface area (Å²) in [6, 6.07) is 5.99. The Balaban J connectivity index is 0.000000149. The third-order valence-corrected chi connectivity index (χ3v) is 3.96. The van der Waals surface area contributed by atoms with Gasteiger partial charge in [0.25, 0.3) is 10.1 Å². The maximum atomic E-state index is 10.5. The number of cyclic esters (lactones) is 1. The van der Waals surface area contributed by atoms with Gasteiger partial charge in [-0.25, -0.2) is 4.79 Å². The van der Waals surface area contributed by atoms with Crippen molar-refractivity contribution in [1.29, 1.82) is 0 Å². The van der Waals surface area contributed by atoms with Crippen molar-refractivity contribution in [1.82, 2.24) is 10.6 Å². The molecule has 2 saturated heterocycles. The van der Waals surface area contributed by atoms with Crippen LogP contribution in [0.25, 0.3) is 0 Å². The molecule has 1 spiro atoms. The van der Waals surface area contributed by atoms with E-state index in [0.717, 1.165) is 18.7 Å². The Morgan fingerprint density at radius 3 is 2.15 bits per heavy atom. The third-order valence-electron chi connectivity index (χ3n) is 3.09. The van der Waals surface area contributed by atoms with Gasteiger partial charge in [0, 0.05) is 13.1 Å². The third kappa shape index (κ3) is 3.47. The van der Waals surface area contributed by atoms with E-state index in [9.17, 15) is 13.2 Å². The molecular weight excluding hydrogens is 284 g/mol. The summed E-state index contributed by atoms with van der Waals surface area (Å²) in [5, 5.41) is 5.81. The summed E-state index contributed by atoms with van der Waals surface area (Å²) in [6.07, 6.45) is -0.281. The lowest BCUT2D eigenvalue weighted by Gasteiger charge is -2.36. The highest BCUT2D eigenvalue weighted by atomic mass is 32.2. The minimum atomic E-state index is -4.02. The van der Waals surface area contributed by atoms with Gasteiger partial charge in [0.15, 0.2) is 0 Å². The van der Waals surface area contributed by atoms with Crippen molar-refractivity contribution in [2.45, 2.75) is 17.4 Å². The molecular formula is C12H16N2O5S. The van der Waals surface area contributed by atoms with Crippen molar-refractivity contribution >= 4 is 16.2 Å². The molecule has 7 nitrogen and oxygen atoms in total. The van der Waals surface area contributed by atoms with E-state index in [-0.39, 0.29) is 16.5 Å². The zero-order valence-electron chi connectivity index (χ0n) is 10.9. The SMILES string of the molecule is Cc1ccc(S(=O)(=O)O)cc1.O=C1NC2(CNC2)CO1. The fourth-order valence-corrected chi connectivity index (χ4v) is 2.30. The van der Waals surface area contributed by atoms with Gasteiger partial charge in [-0.15, -0.1) is 0 Å². The van der Waals surface area contributed by atoms with Crippen LogP contribution < -0.4 is 10.6 Å². The normalized spacial score (nSPS) is 19.4. The predicted octanol–water partition coefficient (Wildman–Crippen LogP) is 0.310. The lowest BCUT2D eigenvalue weighted by Crippen LogP contribution is -2.67. The summed E-state index contributed by atoms with van der Waals surface area (Å²) in [5.74, 6) is 0. The first-order chi connectivity index (χ1) is 9.31. The molecule has 0 atom stereocenters. The molecule has 1 amide bonds. The van der Waals surface area contributed by atoms with Gasteiger partial charge in [-0.05, 0) is 19.1 Å². The highest BCUT2D eigenvalue weighted by molar-refractivity contribution is 7.85. The first-order valence-corrected chi connectivity index (χ1v) is 7.45. The highest BCUT2D eigenvalue weighted by Crippen LogP contribution is 2.16. The predicted molar refractivity (Wildman–Crippen MR) is 71.1 cm³/mol. The molecule has 0 unspecified atom stereocenters. The van der Waals surface area contributed by atoms with Crippen molar-refractivity contribution in [3.8, 4) is 0 Å². The van der Waals surface area contributed by atoms with E-state index in [0.29, 0.717) is 6.61 Å². The van der Waals surface area contributed by atoms with E-state index < -0.39 is 10.1 Å². The van der Waals surface area contributed by atoms with Crippen LogP contribution in [-0.2, 0) is 14.9 Å². The molecule has 2 fully saturated rings. The summed E-state index contributed by atoms with van der Waals surface area (Å²) >= 11 is 0. The average molecular weight is 300 g/mol. The Kier molecular flexibility index (Phi) is 3.98. The molecule has 1 aromatic carbocycles. The standard InChI is InChI=1S/C7H8O3S.C5H8N2O2/c1-6-2-4-7(5-3-6)11(8,9)10;8-4-7-5(3-9-4)1-6-2-5/h2-5H,1H3,(H,8,9,10);6H,1-3H2,(H,7,8). The van der Waals surface area contributed by atoms with Crippen LogP contribution in [0, 0.1) is 6.92 Å². The zero-order valence-corrected chi connectivity index (χ0v) is 11.7. The zero-order chi connectivity index (χ0) is 14.8. The lowest BCUT2D eigenvalue weighted by atomic mass is 9.95. The molecule has 0 saturated carbocycles. The van der Waals surface area contributed by atoms with Crippen LogP contribution in [0.15, 0.2) is 29.2 Å². The number of carbonyl (C=O) groups is 1. The van der Waals surface area contributed by atoms with Crippen LogP contribution in [0.3, 0.4) is 0 Å². The number of carbonyl (C=O) groups excluding carboxylic acids is 1. The largest absolute Gasteiger partial charge is 0.447 e. The molecule has 2 aliphatic heterocycles. The first kappa shape index (κ1) is 14.8. The number of hydrogen-bond acceptors (Lipinski definition) is 5. The number of aryl methyl sites for hydroxylation is 1. The minimum Gasteiger partial charge on any atom is -0.447 e. The van der Waals surface area contributed by atoms with Gasteiger partial charge in [0.2, 0.25) is 0 Å². The number of nitrogens with one attached hydrogen (secondary N) is 2. The van der Waals surface area contributed by atoms with Gasteiger partial charge in [-0.2, -0.15) is 8.42 Å². The monoisotopic (exact) mass is 300 g/mol. The number of benzene rings is 1. The van der Waals surface area contributed by atoms with E-state index >= 15 is 0 Å². The fraction of sp³-hybridized carbons (Fsp3) is 0.417. The molecule has 110 valence electrons. The number of hydrogen-bond donors (Lipinski definition) is 3. The van der Waals surface area contributed by atoms with Crippen molar-refractivity contribution < 1.29 is 22.5 Å². The van der Waals surface area contributed by atoms with Crippen LogP contribution >= 0.6 is 0 Å². The van der Waals surface area contributed by atoms with E-state index in [1.165, 1.54) is 12.1 Å². The topological polar surface area (TPSA) is 105 Å². The number of ether oxygens (including phenoxy) is 1. The van der Waals surface area contributed by atoms with E-state index in [1.54, 1.807) is 12.1 Å². The van der Waals surface area contributed by atoms with Gasteiger partial charge in [0.1, 0.15) is 12.1 Å². The molecule has 8 heteroatoms. The summed E-state index contributed by atoms with van der Waals surface area (Å²) < 4.78 is 34.3. The second kappa shape index (κ2) is 5.39. The summed E-state index contributed by atoms with van der Waals surface area (Å²) in [6.45, 7) is 4.06. The Labute approximate surface area is 117 Å². The molecule has 1 aromatic rings. The molecule has 0 aromatic heterocycles. The first-order valence-electron chi connectivity index (χ1n) is 6.01. The summed E-state index contributed by atoms with van der Waals surface area (Å²) in [5.41, 5.74) is 0.911. The maximum absolute atomic E-state index is 10.5. The number of alkyl carbamates (subject to hydrolysis) is 1. The van der Waals surface area contributed by atoms with Crippen molar-refractivity contribution in [3.05, 3.63) is 29.8 Å². The second-order valence-corrected chi connectivity index (χ2v) is 6.29. The average Bonchev–Trinajstić information content (AvgIpc) is 2.72. The lowest BCUT2D eigenvalue weighted by molar-refractivity contribution is 0.162. The molecule has 3 rings (SSSR count). The number of rotatable bonds is 1. The summed E-state index contributed by atoms with van der Waals surface area (Å²) in [4.78, 5) is 10.4. The summed E-state index contributed by atoms with van der Waals surface area (Å²) in [7, 11) is -4.02. The molecule has 0 bridgehead atoms. The van der Waals surface area contributed by atoms with Gasteiger partial charge in [0.05, 0.1) is 4.90 Å². The molecule has 0 aliphatic carbocycles. The minimum absolute atomic E-state index is 0.0446. The van der Waals surface area contributed by atoms with E-state index in [1.807, 2.05) is 6.92 Å². The Morgan fingerprint density at radius 2 is 1.85 bits per heavy atom. The van der Waals surface area contributed by atoms with Gasteiger partial charge in [-0.3, -0.25) is 4.55 Å². The van der Waals surface area contributed by atoms with Crippen LogP contribution in [-0.4, -0.2) is 44.3 Å². The number of amides is 1. The van der Waals surface area contributed by atoms with Crippen LogP contribution in [0.1, 0.15) is 5.56 Å². The van der Waals surface area contributed by atoms with Gasteiger partial charge in [-0.1, -0.05) is 17.7 Å². The van der Waals surface area contributed by atoms with Crippen molar-refractivity contribution in [2.75, 3.05) is 19.7 Å². The molecule has 0 radical (unpaired) electrons. The van der Waals surface area contributed by atoms with Crippen molar-refractivity contribution in [2.24, 2.45) is 0 Å². The van der Waals surface area contributed by atoms with Gasteiger partial charge < -0.3 is 15.4 Å². The highest BCUT2D eigenvalue weighted by Gasteiger charge is 2.44. The molecule has 3 N–H and O–H groups in total. The Hall–Kier alpha value is -1.64.